The van der Waals surface area contributed by atoms with E-state index in [-0.39, 0.29) is 0 Å². The van der Waals surface area contributed by atoms with E-state index in [1.54, 1.807) is 7.11 Å². The predicted molar refractivity (Wildman–Crippen MR) is 68.5 cm³/mol. The van der Waals surface area contributed by atoms with E-state index in [1.165, 1.54) is 0 Å². The number of methoxy groups -OCH3 is 1. The van der Waals surface area contributed by atoms with Gasteiger partial charge < -0.3 is 10.1 Å². The van der Waals surface area contributed by atoms with Gasteiger partial charge in [0, 0.05) is 13.0 Å². The smallest absolute Gasteiger partial charge is 0.199 e. The molecule has 0 saturated carbocycles. The Morgan fingerprint density at radius 3 is 2.88 bits per heavy atom. The standard InChI is InChI=1S/C13H19N3O/c1-4-6-12-15-10(9-14-2)11-7-5-8-13(17-3)16(11)12/h5,7-8,14H,4,6,9H2,1-3H3. The van der Waals surface area contributed by atoms with Crippen molar-refractivity contribution in [2.75, 3.05) is 14.2 Å². The lowest BCUT2D eigenvalue weighted by molar-refractivity contribution is 0.390. The molecule has 17 heavy (non-hydrogen) atoms. The summed E-state index contributed by atoms with van der Waals surface area (Å²) < 4.78 is 7.52. The Kier molecular flexibility index (Phi) is 3.64. The molecule has 0 unspecified atom stereocenters. The summed E-state index contributed by atoms with van der Waals surface area (Å²) in [5.41, 5.74) is 2.21. The summed E-state index contributed by atoms with van der Waals surface area (Å²) in [7, 11) is 3.63. The fourth-order valence-electron chi connectivity index (χ4n) is 2.09. The van der Waals surface area contributed by atoms with Crippen LogP contribution in [0.5, 0.6) is 5.88 Å². The van der Waals surface area contributed by atoms with Crippen LogP contribution in [0.15, 0.2) is 18.2 Å². The number of nitrogens with one attached hydrogen (secondary N) is 1. The van der Waals surface area contributed by atoms with Crippen molar-refractivity contribution in [2.45, 2.75) is 26.3 Å². The second-order valence-corrected chi connectivity index (χ2v) is 4.04. The van der Waals surface area contributed by atoms with Gasteiger partial charge in [-0.3, -0.25) is 4.40 Å². The van der Waals surface area contributed by atoms with Crippen molar-refractivity contribution < 1.29 is 4.74 Å². The van der Waals surface area contributed by atoms with Crippen molar-refractivity contribution in [3.63, 3.8) is 0 Å². The molecule has 0 atom stereocenters. The summed E-state index contributed by atoms with van der Waals surface area (Å²) in [6.07, 6.45) is 2.04. The molecule has 0 saturated heterocycles. The van der Waals surface area contributed by atoms with E-state index in [2.05, 4.69) is 22.7 Å². The van der Waals surface area contributed by atoms with Crippen LogP contribution in [-0.2, 0) is 13.0 Å². The third-order valence-corrected chi connectivity index (χ3v) is 2.80. The van der Waals surface area contributed by atoms with E-state index in [0.29, 0.717) is 0 Å². The van der Waals surface area contributed by atoms with Gasteiger partial charge in [0.1, 0.15) is 5.82 Å². The topological polar surface area (TPSA) is 38.6 Å². The molecule has 0 fully saturated rings. The molecule has 0 bridgehead atoms. The fourth-order valence-corrected chi connectivity index (χ4v) is 2.09. The fraction of sp³-hybridized carbons (Fsp3) is 0.462. The first kappa shape index (κ1) is 11.9. The molecule has 0 aliphatic heterocycles. The van der Waals surface area contributed by atoms with Crippen LogP contribution in [0.2, 0.25) is 0 Å². The molecule has 2 rings (SSSR count). The summed E-state index contributed by atoms with van der Waals surface area (Å²) >= 11 is 0. The van der Waals surface area contributed by atoms with Gasteiger partial charge in [0.2, 0.25) is 0 Å². The van der Waals surface area contributed by atoms with Crippen LogP contribution in [0.25, 0.3) is 5.52 Å². The molecule has 0 radical (unpaired) electrons. The zero-order valence-electron chi connectivity index (χ0n) is 10.7. The SMILES string of the molecule is CCCc1nc(CNC)c2cccc(OC)n12. The van der Waals surface area contributed by atoms with Crippen molar-refractivity contribution in [1.82, 2.24) is 14.7 Å². The molecule has 0 aliphatic rings. The zero-order chi connectivity index (χ0) is 12.3. The van der Waals surface area contributed by atoms with Gasteiger partial charge in [-0.15, -0.1) is 0 Å². The molecule has 2 aromatic rings. The van der Waals surface area contributed by atoms with Gasteiger partial charge in [0.15, 0.2) is 5.88 Å². The summed E-state index contributed by atoms with van der Waals surface area (Å²) in [5.74, 6) is 1.92. The second kappa shape index (κ2) is 5.19. The molecule has 2 heterocycles. The van der Waals surface area contributed by atoms with Gasteiger partial charge >= 0.3 is 0 Å². The maximum Gasteiger partial charge on any atom is 0.199 e. The highest BCUT2D eigenvalue weighted by Gasteiger charge is 2.12. The van der Waals surface area contributed by atoms with Crippen LogP contribution in [0.4, 0.5) is 0 Å². The highest BCUT2D eigenvalue weighted by atomic mass is 16.5. The van der Waals surface area contributed by atoms with Crippen LogP contribution in [0, 0.1) is 0 Å². The van der Waals surface area contributed by atoms with Gasteiger partial charge in [0.05, 0.1) is 18.3 Å². The van der Waals surface area contributed by atoms with E-state index in [1.807, 2.05) is 19.2 Å². The van der Waals surface area contributed by atoms with E-state index in [4.69, 9.17) is 9.72 Å². The van der Waals surface area contributed by atoms with Crippen LogP contribution in [0.1, 0.15) is 24.9 Å². The number of pyridine rings is 1. The van der Waals surface area contributed by atoms with Gasteiger partial charge in [0.25, 0.3) is 0 Å². The third-order valence-electron chi connectivity index (χ3n) is 2.80. The normalized spacial score (nSPS) is 11.0. The number of rotatable bonds is 5. The molecule has 0 spiro atoms. The Balaban J connectivity index is 2.62. The molecule has 0 aromatic carbocycles. The lowest BCUT2D eigenvalue weighted by Crippen LogP contribution is -2.05. The molecule has 0 aliphatic carbocycles. The molecule has 4 heteroatoms. The van der Waals surface area contributed by atoms with Gasteiger partial charge in [-0.1, -0.05) is 13.0 Å². The molecule has 4 nitrogen and oxygen atoms in total. The first-order valence-electron chi connectivity index (χ1n) is 5.99. The summed E-state index contributed by atoms with van der Waals surface area (Å²) in [5, 5.41) is 3.15. The molecular formula is C13H19N3O. The van der Waals surface area contributed by atoms with Crippen LogP contribution < -0.4 is 10.1 Å². The highest BCUT2D eigenvalue weighted by Crippen LogP contribution is 2.21. The van der Waals surface area contributed by atoms with Crippen LogP contribution >= 0.6 is 0 Å². The largest absolute Gasteiger partial charge is 0.482 e. The van der Waals surface area contributed by atoms with Crippen molar-refractivity contribution >= 4 is 5.52 Å². The van der Waals surface area contributed by atoms with E-state index in [9.17, 15) is 0 Å². The Morgan fingerprint density at radius 1 is 1.41 bits per heavy atom. The Hall–Kier alpha value is -1.55. The minimum Gasteiger partial charge on any atom is -0.482 e. The van der Waals surface area contributed by atoms with Crippen molar-refractivity contribution in [3.8, 4) is 5.88 Å². The summed E-state index contributed by atoms with van der Waals surface area (Å²) in [6.45, 7) is 2.94. The summed E-state index contributed by atoms with van der Waals surface area (Å²) in [6, 6.07) is 6.06. The Labute approximate surface area is 102 Å². The second-order valence-electron chi connectivity index (χ2n) is 4.04. The van der Waals surface area contributed by atoms with Crippen LogP contribution in [-0.4, -0.2) is 23.5 Å². The van der Waals surface area contributed by atoms with Crippen LogP contribution in [0.3, 0.4) is 0 Å². The maximum absolute atomic E-state index is 5.41. The van der Waals surface area contributed by atoms with E-state index < -0.39 is 0 Å². The molecule has 1 N–H and O–H groups in total. The lowest BCUT2D eigenvalue weighted by atomic mass is 10.3. The molecule has 92 valence electrons. The van der Waals surface area contributed by atoms with Gasteiger partial charge in [-0.05, 0) is 25.6 Å². The Bertz CT molecular complexity index is 505. The first-order chi connectivity index (χ1) is 8.31. The molecular weight excluding hydrogens is 214 g/mol. The number of hydrogen-bond acceptors (Lipinski definition) is 3. The van der Waals surface area contributed by atoms with Crippen molar-refractivity contribution in [2.24, 2.45) is 0 Å². The Morgan fingerprint density at radius 2 is 2.24 bits per heavy atom. The average Bonchev–Trinajstić information content (AvgIpc) is 2.69. The first-order valence-corrected chi connectivity index (χ1v) is 5.99. The van der Waals surface area contributed by atoms with Crippen molar-refractivity contribution in [1.29, 1.82) is 0 Å². The number of fused-ring (bicyclic) bond motifs is 1. The zero-order valence-corrected chi connectivity index (χ0v) is 10.7. The predicted octanol–water partition coefficient (Wildman–Crippen LogP) is 2.01. The van der Waals surface area contributed by atoms with Crippen molar-refractivity contribution in [3.05, 3.63) is 29.7 Å². The number of hydrogen-bond donors (Lipinski definition) is 1. The van der Waals surface area contributed by atoms with E-state index >= 15 is 0 Å². The maximum atomic E-state index is 5.41. The third kappa shape index (κ3) is 2.13. The highest BCUT2D eigenvalue weighted by molar-refractivity contribution is 5.55. The lowest BCUT2D eigenvalue weighted by Gasteiger charge is -2.06. The number of ether oxygens (including phenoxy) is 1. The minimum atomic E-state index is 0.778. The minimum absolute atomic E-state index is 0.778. The van der Waals surface area contributed by atoms with Gasteiger partial charge in [-0.2, -0.15) is 0 Å². The summed E-state index contributed by atoms with van der Waals surface area (Å²) in [4.78, 5) is 4.70. The van der Waals surface area contributed by atoms with E-state index in [0.717, 1.165) is 42.3 Å². The van der Waals surface area contributed by atoms with Gasteiger partial charge in [-0.25, -0.2) is 4.98 Å². The monoisotopic (exact) mass is 233 g/mol. The number of aryl methyl sites for hydroxylation is 1. The number of imidazole rings is 1. The molecule has 2 aromatic heterocycles. The molecule has 0 amide bonds. The quantitative estimate of drug-likeness (QED) is 0.858. The average molecular weight is 233 g/mol. The number of nitrogens with zero attached hydrogens (tertiary/aromatic N) is 2. The number of aromatic nitrogens is 2.